The van der Waals surface area contributed by atoms with Gasteiger partial charge in [0.2, 0.25) is 5.91 Å². The first kappa shape index (κ1) is 21.5. The second kappa shape index (κ2) is 7.56. The number of carbonyl (C=O) groups excluding carboxylic acids is 1. The maximum Gasteiger partial charge on any atom is 0.403 e. The molecule has 0 aromatic heterocycles. The topological polar surface area (TPSA) is 41.6 Å². The predicted molar refractivity (Wildman–Crippen MR) is 105 cm³/mol. The number of amides is 1. The molecule has 0 bridgehead atoms. The lowest BCUT2D eigenvalue weighted by Crippen LogP contribution is -2.49. The number of hydrogen-bond acceptors (Lipinski definition) is 3. The quantitative estimate of drug-likeness (QED) is 0.768. The first-order valence-electron chi connectivity index (χ1n) is 9.86. The monoisotopic (exact) mass is 408 g/mol. The van der Waals surface area contributed by atoms with Crippen molar-refractivity contribution in [1.82, 2.24) is 5.32 Å². The third-order valence-electron chi connectivity index (χ3n) is 5.47. The van der Waals surface area contributed by atoms with E-state index in [0.717, 1.165) is 23.4 Å². The molecule has 0 spiro atoms. The number of alkyl halides is 3. The lowest BCUT2D eigenvalue weighted by atomic mass is 9.99. The third-order valence-corrected chi connectivity index (χ3v) is 5.47. The molecule has 3 rings (SSSR count). The minimum Gasteiger partial charge on any atom is -0.375 e. The predicted octanol–water partition coefficient (Wildman–Crippen LogP) is 4.02. The highest BCUT2D eigenvalue weighted by molar-refractivity contribution is 5.87. The summed E-state index contributed by atoms with van der Waals surface area (Å²) in [7, 11) is 0. The number of carbonyl (C=O) groups is 1. The summed E-state index contributed by atoms with van der Waals surface area (Å²) in [5.74, 6) is 5.02. The Morgan fingerprint density at radius 1 is 1.28 bits per heavy atom. The molecule has 0 atom stereocenters. The van der Waals surface area contributed by atoms with Crippen LogP contribution in [0.15, 0.2) is 18.2 Å². The van der Waals surface area contributed by atoms with Crippen molar-refractivity contribution < 1.29 is 22.7 Å². The van der Waals surface area contributed by atoms with Gasteiger partial charge in [0.05, 0.1) is 18.8 Å². The summed E-state index contributed by atoms with van der Waals surface area (Å²) in [5.41, 5.74) is -0.567. The Balaban J connectivity index is 1.84. The largest absolute Gasteiger partial charge is 0.403 e. The van der Waals surface area contributed by atoms with Crippen LogP contribution in [0, 0.1) is 17.3 Å². The highest BCUT2D eigenvalue weighted by Crippen LogP contribution is 2.57. The van der Waals surface area contributed by atoms with Gasteiger partial charge in [0.15, 0.2) is 0 Å². The van der Waals surface area contributed by atoms with Crippen LogP contribution in [0.1, 0.15) is 51.7 Å². The van der Waals surface area contributed by atoms with E-state index in [0.29, 0.717) is 19.3 Å². The van der Waals surface area contributed by atoms with Gasteiger partial charge in [0, 0.05) is 29.4 Å². The first-order chi connectivity index (χ1) is 13.5. The number of benzene rings is 1. The van der Waals surface area contributed by atoms with Gasteiger partial charge in [-0.05, 0) is 52.7 Å². The van der Waals surface area contributed by atoms with Crippen molar-refractivity contribution in [1.29, 1.82) is 0 Å². The molecular weight excluding hydrogens is 381 g/mol. The maximum atomic E-state index is 13.2. The van der Waals surface area contributed by atoms with Gasteiger partial charge in [-0.1, -0.05) is 17.9 Å². The zero-order valence-corrected chi connectivity index (χ0v) is 17.2. The molecule has 2 aliphatic rings. The molecule has 1 fully saturated rings. The zero-order valence-electron chi connectivity index (χ0n) is 17.2. The fourth-order valence-corrected chi connectivity index (χ4v) is 3.53. The van der Waals surface area contributed by atoms with E-state index in [4.69, 9.17) is 4.74 Å². The van der Waals surface area contributed by atoms with Gasteiger partial charge >= 0.3 is 6.18 Å². The van der Waals surface area contributed by atoms with E-state index in [-0.39, 0.29) is 12.8 Å². The fraction of sp³-hybridized carbons (Fsp3) is 0.591. The van der Waals surface area contributed by atoms with Gasteiger partial charge in [-0.3, -0.25) is 4.79 Å². The molecule has 1 amide bonds. The summed E-state index contributed by atoms with van der Waals surface area (Å²) in [6.07, 6.45) is -4.87. The molecule has 0 unspecified atom stereocenters. The van der Waals surface area contributed by atoms with Crippen LogP contribution in [0.3, 0.4) is 0 Å². The Morgan fingerprint density at radius 2 is 1.97 bits per heavy atom. The molecule has 1 aliphatic heterocycles. The van der Waals surface area contributed by atoms with Gasteiger partial charge in [-0.2, -0.15) is 13.2 Å². The lowest BCUT2D eigenvalue weighted by molar-refractivity contribution is -0.192. The van der Waals surface area contributed by atoms with Crippen LogP contribution in [0.5, 0.6) is 0 Å². The van der Waals surface area contributed by atoms with E-state index in [1.807, 2.05) is 18.2 Å². The molecular formula is C22H27F3N2O2. The van der Waals surface area contributed by atoms with Crippen LogP contribution in [-0.4, -0.2) is 36.8 Å². The van der Waals surface area contributed by atoms with Gasteiger partial charge in [-0.25, -0.2) is 0 Å². The van der Waals surface area contributed by atoms with Gasteiger partial charge < -0.3 is 15.0 Å². The van der Waals surface area contributed by atoms with Gasteiger partial charge in [0.25, 0.3) is 0 Å². The Kier molecular flexibility index (Phi) is 5.61. The number of rotatable bonds is 3. The van der Waals surface area contributed by atoms with Crippen LogP contribution < -0.4 is 10.2 Å². The van der Waals surface area contributed by atoms with Crippen molar-refractivity contribution in [2.45, 2.75) is 64.9 Å². The van der Waals surface area contributed by atoms with Crippen molar-refractivity contribution in [3.8, 4) is 11.8 Å². The number of hydrogen-bond donors (Lipinski definition) is 1. The van der Waals surface area contributed by atoms with E-state index < -0.39 is 23.0 Å². The zero-order chi connectivity index (χ0) is 21.4. The Labute approximate surface area is 169 Å². The molecule has 7 heteroatoms. The normalized spacial score (nSPS) is 18.4. The van der Waals surface area contributed by atoms with E-state index in [2.05, 4.69) is 35.9 Å². The lowest BCUT2D eigenvalue weighted by Gasteiger charge is -2.28. The van der Waals surface area contributed by atoms with Gasteiger partial charge in [0.1, 0.15) is 5.41 Å². The number of nitrogens with zero attached hydrogens (tertiary/aromatic N) is 1. The van der Waals surface area contributed by atoms with E-state index in [1.165, 1.54) is 0 Å². The molecule has 29 heavy (non-hydrogen) atoms. The van der Waals surface area contributed by atoms with E-state index in [1.54, 1.807) is 13.8 Å². The van der Waals surface area contributed by atoms with Crippen molar-refractivity contribution in [3.05, 3.63) is 29.3 Å². The molecule has 1 N–H and O–H groups in total. The number of halogens is 3. The molecule has 1 aromatic rings. The van der Waals surface area contributed by atoms with E-state index >= 15 is 0 Å². The molecule has 1 aromatic carbocycles. The SMILES string of the molecule is CC(C)N1CCOCc2c(C#CC(C)(C)NC(=O)C3(C(F)(F)F)CC3)cccc21. The summed E-state index contributed by atoms with van der Waals surface area (Å²) in [5, 5.41) is 2.48. The molecule has 1 aliphatic carbocycles. The van der Waals surface area contributed by atoms with Crippen LogP contribution in [0.25, 0.3) is 0 Å². The number of nitrogens with one attached hydrogen (secondary N) is 1. The molecule has 0 radical (unpaired) electrons. The average Bonchev–Trinajstić information content (AvgIpc) is 3.43. The first-order valence-corrected chi connectivity index (χ1v) is 9.86. The fourth-order valence-electron chi connectivity index (χ4n) is 3.53. The second-order valence-electron chi connectivity index (χ2n) is 8.55. The minimum atomic E-state index is -4.53. The number of ether oxygens (including phenoxy) is 1. The molecule has 158 valence electrons. The summed E-state index contributed by atoms with van der Waals surface area (Å²) in [6.45, 7) is 9.27. The summed E-state index contributed by atoms with van der Waals surface area (Å²) in [4.78, 5) is 14.5. The summed E-state index contributed by atoms with van der Waals surface area (Å²) < 4.78 is 45.3. The van der Waals surface area contributed by atoms with Crippen molar-refractivity contribution >= 4 is 11.6 Å². The van der Waals surface area contributed by atoms with Crippen molar-refractivity contribution in [2.75, 3.05) is 18.1 Å². The van der Waals surface area contributed by atoms with Crippen molar-refractivity contribution in [3.63, 3.8) is 0 Å². The smallest absolute Gasteiger partial charge is 0.375 e. The molecule has 1 saturated carbocycles. The number of anilines is 1. The van der Waals surface area contributed by atoms with Crippen LogP contribution in [-0.2, 0) is 16.1 Å². The average molecular weight is 408 g/mol. The van der Waals surface area contributed by atoms with Crippen LogP contribution in [0.2, 0.25) is 0 Å². The highest BCUT2D eigenvalue weighted by atomic mass is 19.4. The summed E-state index contributed by atoms with van der Waals surface area (Å²) in [6, 6.07) is 6.11. The second-order valence-corrected chi connectivity index (χ2v) is 8.55. The standard InChI is InChI=1S/C22H27F3N2O2/c1-15(2)27-12-13-29-14-17-16(6-5-7-18(17)27)8-9-20(3,4)26-19(28)21(10-11-21)22(23,24)25/h5-7,15H,10-14H2,1-4H3,(H,26,28). The highest BCUT2D eigenvalue weighted by Gasteiger charge is 2.68. The van der Waals surface area contributed by atoms with E-state index in [9.17, 15) is 18.0 Å². The summed E-state index contributed by atoms with van der Waals surface area (Å²) >= 11 is 0. The molecule has 1 heterocycles. The minimum absolute atomic E-state index is 0.166. The van der Waals surface area contributed by atoms with Crippen molar-refractivity contribution in [2.24, 2.45) is 5.41 Å². The van der Waals surface area contributed by atoms with Gasteiger partial charge in [-0.15, -0.1) is 0 Å². The molecule has 0 saturated heterocycles. The van der Waals surface area contributed by atoms with Crippen LogP contribution in [0.4, 0.5) is 18.9 Å². The molecule has 4 nitrogen and oxygen atoms in total. The Hall–Kier alpha value is -2.20. The number of fused-ring (bicyclic) bond motifs is 1. The Morgan fingerprint density at radius 3 is 2.55 bits per heavy atom. The maximum absolute atomic E-state index is 13.2. The Bertz CT molecular complexity index is 846. The van der Waals surface area contributed by atoms with Crippen LogP contribution >= 0.6 is 0 Å². The third kappa shape index (κ3) is 4.37.